The molecule has 0 saturated carbocycles. The molecule has 0 aromatic heterocycles. The zero-order valence-electron chi connectivity index (χ0n) is 11.6. The maximum atomic E-state index is 5.55. The second kappa shape index (κ2) is 10.3. The van der Waals surface area contributed by atoms with Gasteiger partial charge in [0.15, 0.2) is 0 Å². The smallest absolute Gasteiger partial charge is 0.0701 e. The SMILES string of the molecule is COCCOCCOCCC(CBr)C(C)(C)C. The summed E-state index contributed by atoms with van der Waals surface area (Å²) in [6, 6.07) is 0. The van der Waals surface area contributed by atoms with Crippen LogP contribution in [0.4, 0.5) is 0 Å². The van der Waals surface area contributed by atoms with Crippen molar-refractivity contribution in [3.63, 3.8) is 0 Å². The zero-order valence-corrected chi connectivity index (χ0v) is 13.2. The van der Waals surface area contributed by atoms with E-state index in [9.17, 15) is 0 Å². The highest BCUT2D eigenvalue weighted by Crippen LogP contribution is 2.30. The van der Waals surface area contributed by atoms with Crippen molar-refractivity contribution in [1.29, 1.82) is 0 Å². The molecule has 0 aliphatic carbocycles. The molecule has 0 aliphatic rings. The summed E-state index contributed by atoms with van der Waals surface area (Å²) in [4.78, 5) is 0. The van der Waals surface area contributed by atoms with Gasteiger partial charge in [-0.05, 0) is 17.8 Å². The highest BCUT2D eigenvalue weighted by Gasteiger charge is 2.22. The number of alkyl halides is 1. The third kappa shape index (κ3) is 10.0. The third-order valence-corrected chi connectivity index (χ3v) is 3.61. The Morgan fingerprint density at radius 2 is 1.47 bits per heavy atom. The van der Waals surface area contributed by atoms with E-state index in [-0.39, 0.29) is 0 Å². The fourth-order valence-electron chi connectivity index (χ4n) is 1.43. The molecule has 0 rings (SSSR count). The molecule has 0 fully saturated rings. The van der Waals surface area contributed by atoms with Crippen molar-refractivity contribution in [2.24, 2.45) is 11.3 Å². The predicted molar refractivity (Wildman–Crippen MR) is 74.9 cm³/mol. The Kier molecular flexibility index (Phi) is 10.5. The fraction of sp³-hybridized carbons (Fsp3) is 1.00. The molecule has 0 saturated heterocycles. The van der Waals surface area contributed by atoms with E-state index in [1.54, 1.807) is 7.11 Å². The molecule has 4 heteroatoms. The summed E-state index contributed by atoms with van der Waals surface area (Å²) < 4.78 is 15.8. The van der Waals surface area contributed by atoms with Crippen LogP contribution in [-0.4, -0.2) is 45.5 Å². The topological polar surface area (TPSA) is 27.7 Å². The third-order valence-electron chi connectivity index (χ3n) is 2.83. The molecule has 0 aliphatic heterocycles. The van der Waals surface area contributed by atoms with Gasteiger partial charge in [0.2, 0.25) is 0 Å². The van der Waals surface area contributed by atoms with E-state index in [1.807, 2.05) is 0 Å². The van der Waals surface area contributed by atoms with E-state index >= 15 is 0 Å². The quantitative estimate of drug-likeness (QED) is 0.458. The summed E-state index contributed by atoms with van der Waals surface area (Å²) in [5.41, 5.74) is 0.335. The molecule has 104 valence electrons. The van der Waals surface area contributed by atoms with Gasteiger partial charge in [0, 0.05) is 19.0 Å². The van der Waals surface area contributed by atoms with Crippen LogP contribution < -0.4 is 0 Å². The summed E-state index contributed by atoms with van der Waals surface area (Å²) >= 11 is 3.57. The lowest BCUT2D eigenvalue weighted by Gasteiger charge is -2.29. The number of rotatable bonds is 10. The Morgan fingerprint density at radius 1 is 0.941 bits per heavy atom. The van der Waals surface area contributed by atoms with Gasteiger partial charge in [0.1, 0.15) is 0 Å². The van der Waals surface area contributed by atoms with E-state index in [2.05, 4.69) is 36.7 Å². The van der Waals surface area contributed by atoms with Crippen LogP contribution in [-0.2, 0) is 14.2 Å². The van der Waals surface area contributed by atoms with Gasteiger partial charge in [-0.1, -0.05) is 36.7 Å². The Labute approximate surface area is 114 Å². The van der Waals surface area contributed by atoms with Crippen LogP contribution in [0.2, 0.25) is 0 Å². The molecular formula is C13H27BrO3. The molecule has 3 nitrogen and oxygen atoms in total. The lowest BCUT2D eigenvalue weighted by Crippen LogP contribution is -2.23. The molecule has 0 bridgehead atoms. The summed E-state index contributed by atoms with van der Waals surface area (Å²) in [5.74, 6) is 0.650. The Hall–Kier alpha value is 0.360. The minimum Gasteiger partial charge on any atom is -0.382 e. The summed E-state index contributed by atoms with van der Waals surface area (Å²) in [5, 5.41) is 1.03. The molecule has 1 atom stereocenters. The fourth-order valence-corrected chi connectivity index (χ4v) is 2.73. The van der Waals surface area contributed by atoms with Crippen molar-refractivity contribution >= 4 is 15.9 Å². The van der Waals surface area contributed by atoms with Gasteiger partial charge < -0.3 is 14.2 Å². The van der Waals surface area contributed by atoms with E-state index in [1.165, 1.54) is 0 Å². The first kappa shape index (κ1) is 17.4. The average Bonchev–Trinajstić information content (AvgIpc) is 2.25. The van der Waals surface area contributed by atoms with Gasteiger partial charge in [0.25, 0.3) is 0 Å². The molecule has 0 spiro atoms. The molecule has 1 unspecified atom stereocenters. The number of hydrogen-bond acceptors (Lipinski definition) is 3. The van der Waals surface area contributed by atoms with E-state index in [0.29, 0.717) is 37.8 Å². The second-order valence-electron chi connectivity index (χ2n) is 5.22. The van der Waals surface area contributed by atoms with Crippen molar-refractivity contribution in [3.8, 4) is 0 Å². The molecule has 0 aromatic carbocycles. The van der Waals surface area contributed by atoms with E-state index < -0.39 is 0 Å². The normalized spacial score (nSPS) is 13.9. The number of hydrogen-bond donors (Lipinski definition) is 0. The van der Waals surface area contributed by atoms with Crippen molar-refractivity contribution in [1.82, 2.24) is 0 Å². The largest absolute Gasteiger partial charge is 0.382 e. The molecule has 0 radical (unpaired) electrons. The van der Waals surface area contributed by atoms with Gasteiger partial charge in [-0.15, -0.1) is 0 Å². The molecular weight excluding hydrogens is 284 g/mol. The van der Waals surface area contributed by atoms with Gasteiger partial charge >= 0.3 is 0 Å². The predicted octanol–water partition coefficient (Wildman–Crippen LogP) is 3.11. The lowest BCUT2D eigenvalue weighted by atomic mass is 9.80. The van der Waals surface area contributed by atoms with E-state index in [0.717, 1.165) is 18.4 Å². The minimum absolute atomic E-state index is 0.335. The minimum atomic E-state index is 0.335. The van der Waals surface area contributed by atoms with Crippen LogP contribution in [0.5, 0.6) is 0 Å². The second-order valence-corrected chi connectivity index (χ2v) is 5.87. The summed E-state index contributed by atoms with van der Waals surface area (Å²) in [7, 11) is 1.67. The highest BCUT2D eigenvalue weighted by molar-refractivity contribution is 9.09. The first-order valence-electron chi connectivity index (χ1n) is 6.22. The van der Waals surface area contributed by atoms with Crippen molar-refractivity contribution in [3.05, 3.63) is 0 Å². The van der Waals surface area contributed by atoms with Gasteiger partial charge in [-0.2, -0.15) is 0 Å². The first-order valence-corrected chi connectivity index (χ1v) is 7.35. The number of ether oxygens (including phenoxy) is 3. The van der Waals surface area contributed by atoms with Crippen molar-refractivity contribution < 1.29 is 14.2 Å². The van der Waals surface area contributed by atoms with Crippen LogP contribution in [0.1, 0.15) is 27.2 Å². The zero-order chi connectivity index (χ0) is 13.1. The summed E-state index contributed by atoms with van der Waals surface area (Å²) in [6.07, 6.45) is 1.09. The van der Waals surface area contributed by atoms with Gasteiger partial charge in [-0.25, -0.2) is 0 Å². The van der Waals surface area contributed by atoms with Crippen molar-refractivity contribution in [2.75, 3.05) is 45.5 Å². The molecule has 0 N–H and O–H groups in total. The average molecular weight is 311 g/mol. The molecule has 0 amide bonds. The number of methoxy groups -OCH3 is 1. The molecule has 0 heterocycles. The van der Waals surface area contributed by atoms with Crippen LogP contribution in [0.25, 0.3) is 0 Å². The van der Waals surface area contributed by atoms with Crippen LogP contribution >= 0.6 is 15.9 Å². The van der Waals surface area contributed by atoms with Crippen LogP contribution in [0, 0.1) is 11.3 Å². The highest BCUT2D eigenvalue weighted by atomic mass is 79.9. The Bertz CT molecular complexity index is 169. The summed E-state index contributed by atoms with van der Waals surface area (Å²) in [6.45, 7) is 10.2. The number of halogens is 1. The Morgan fingerprint density at radius 3 is 1.94 bits per heavy atom. The lowest BCUT2D eigenvalue weighted by molar-refractivity contribution is 0.0193. The van der Waals surface area contributed by atoms with Crippen molar-refractivity contribution in [2.45, 2.75) is 27.2 Å². The van der Waals surface area contributed by atoms with Gasteiger partial charge in [-0.3, -0.25) is 0 Å². The molecule has 0 aromatic rings. The molecule has 17 heavy (non-hydrogen) atoms. The van der Waals surface area contributed by atoms with Gasteiger partial charge in [0.05, 0.1) is 26.4 Å². The monoisotopic (exact) mass is 310 g/mol. The standard InChI is InChI=1S/C13H27BrO3/c1-13(2,3)12(11-14)5-6-16-9-10-17-8-7-15-4/h12H,5-11H2,1-4H3. The maximum Gasteiger partial charge on any atom is 0.0701 e. The Balaban J connectivity index is 3.38. The van der Waals surface area contributed by atoms with Crippen LogP contribution in [0.3, 0.4) is 0 Å². The maximum absolute atomic E-state index is 5.55. The first-order chi connectivity index (χ1) is 8.02. The van der Waals surface area contributed by atoms with E-state index in [4.69, 9.17) is 14.2 Å². The van der Waals surface area contributed by atoms with Crippen LogP contribution in [0.15, 0.2) is 0 Å².